The molecule has 0 aliphatic carbocycles. The van der Waals surface area contributed by atoms with E-state index in [1.807, 2.05) is 18.2 Å². The molecule has 1 saturated heterocycles. The summed E-state index contributed by atoms with van der Waals surface area (Å²) in [5.74, 6) is 6.70. The zero-order chi connectivity index (χ0) is 19.2. The molecule has 1 heterocycles. The molecule has 140 valence electrons. The number of nitrogens with zero attached hydrogens (tertiary/aromatic N) is 2. The van der Waals surface area contributed by atoms with Crippen molar-refractivity contribution in [3.63, 3.8) is 0 Å². The van der Waals surface area contributed by atoms with Crippen molar-refractivity contribution in [1.82, 2.24) is 4.90 Å². The Bertz CT molecular complexity index is 936. The summed E-state index contributed by atoms with van der Waals surface area (Å²) in [4.78, 5) is 4.97. The van der Waals surface area contributed by atoms with Crippen LogP contribution in [-0.2, 0) is 6.42 Å². The first-order valence-corrected chi connectivity index (χ1v) is 9.91. The average Bonchev–Trinajstić information content (AvgIpc) is 3.13. The van der Waals surface area contributed by atoms with Gasteiger partial charge in [-0.3, -0.25) is 4.90 Å². The van der Waals surface area contributed by atoms with Crippen molar-refractivity contribution in [3.05, 3.63) is 102 Å². The molecule has 0 amide bonds. The topological polar surface area (TPSA) is 6.48 Å². The van der Waals surface area contributed by atoms with Gasteiger partial charge >= 0.3 is 0 Å². The molecule has 0 bridgehead atoms. The SMILES string of the molecule is Cc1ccc(N2CC(Cc3ccccc3)N(CC#Cc3ccccc3)C2)cc1. The van der Waals surface area contributed by atoms with Gasteiger partial charge < -0.3 is 4.90 Å². The van der Waals surface area contributed by atoms with Gasteiger partial charge in [-0.1, -0.05) is 78.1 Å². The van der Waals surface area contributed by atoms with E-state index in [1.54, 1.807) is 0 Å². The zero-order valence-electron chi connectivity index (χ0n) is 16.4. The first-order chi connectivity index (χ1) is 13.8. The highest BCUT2D eigenvalue weighted by molar-refractivity contribution is 5.48. The molecule has 1 aliphatic rings. The van der Waals surface area contributed by atoms with Crippen LogP contribution in [0, 0.1) is 18.8 Å². The van der Waals surface area contributed by atoms with E-state index in [0.29, 0.717) is 6.04 Å². The molecule has 0 saturated carbocycles. The summed E-state index contributed by atoms with van der Waals surface area (Å²) in [6.45, 7) is 4.88. The van der Waals surface area contributed by atoms with Crippen LogP contribution in [0.2, 0.25) is 0 Å². The number of aryl methyl sites for hydroxylation is 1. The minimum atomic E-state index is 0.466. The highest BCUT2D eigenvalue weighted by atomic mass is 15.4. The largest absolute Gasteiger partial charge is 0.357 e. The zero-order valence-corrected chi connectivity index (χ0v) is 16.4. The highest BCUT2D eigenvalue weighted by Crippen LogP contribution is 2.24. The molecule has 1 aliphatic heterocycles. The lowest BCUT2D eigenvalue weighted by Crippen LogP contribution is -2.33. The molecule has 3 aromatic carbocycles. The molecule has 0 radical (unpaired) electrons. The van der Waals surface area contributed by atoms with Crippen molar-refractivity contribution in [1.29, 1.82) is 0 Å². The first kappa shape index (κ1) is 18.3. The number of rotatable bonds is 4. The maximum atomic E-state index is 3.39. The molecule has 0 aromatic heterocycles. The predicted octanol–water partition coefficient (Wildman–Crippen LogP) is 4.74. The second-order valence-corrected chi connectivity index (χ2v) is 7.46. The van der Waals surface area contributed by atoms with Crippen LogP contribution in [0.15, 0.2) is 84.9 Å². The second kappa shape index (κ2) is 8.78. The van der Waals surface area contributed by atoms with E-state index >= 15 is 0 Å². The molecule has 28 heavy (non-hydrogen) atoms. The molecule has 2 nitrogen and oxygen atoms in total. The van der Waals surface area contributed by atoms with Crippen LogP contribution in [0.25, 0.3) is 0 Å². The van der Waals surface area contributed by atoms with Crippen molar-refractivity contribution in [2.24, 2.45) is 0 Å². The van der Waals surface area contributed by atoms with Gasteiger partial charge in [-0.15, -0.1) is 0 Å². The van der Waals surface area contributed by atoms with Gasteiger partial charge in [0.15, 0.2) is 0 Å². The molecule has 1 fully saturated rings. The molecule has 1 unspecified atom stereocenters. The monoisotopic (exact) mass is 366 g/mol. The van der Waals surface area contributed by atoms with E-state index in [-0.39, 0.29) is 0 Å². The van der Waals surface area contributed by atoms with Crippen LogP contribution in [0.5, 0.6) is 0 Å². The number of benzene rings is 3. The fourth-order valence-corrected chi connectivity index (χ4v) is 3.73. The Labute approximate surface area is 168 Å². The Kier molecular flexibility index (Phi) is 5.75. The lowest BCUT2D eigenvalue weighted by Gasteiger charge is -2.20. The van der Waals surface area contributed by atoms with E-state index in [0.717, 1.165) is 31.7 Å². The Hall–Kier alpha value is -3.02. The molecular formula is C26H26N2. The van der Waals surface area contributed by atoms with E-state index in [1.165, 1.54) is 16.8 Å². The minimum absolute atomic E-state index is 0.466. The van der Waals surface area contributed by atoms with E-state index in [9.17, 15) is 0 Å². The minimum Gasteiger partial charge on any atom is -0.357 e. The number of hydrogen-bond donors (Lipinski definition) is 0. The third-order valence-corrected chi connectivity index (χ3v) is 5.30. The summed E-state index contributed by atoms with van der Waals surface area (Å²) in [6.07, 6.45) is 1.05. The molecule has 2 heteroatoms. The third kappa shape index (κ3) is 4.63. The quantitative estimate of drug-likeness (QED) is 0.616. The summed E-state index contributed by atoms with van der Waals surface area (Å²) < 4.78 is 0. The van der Waals surface area contributed by atoms with Gasteiger partial charge in [0.1, 0.15) is 0 Å². The normalized spacial score (nSPS) is 16.6. The van der Waals surface area contributed by atoms with Gasteiger partial charge in [0, 0.05) is 23.8 Å². The van der Waals surface area contributed by atoms with Gasteiger partial charge in [0.05, 0.1) is 13.2 Å². The van der Waals surface area contributed by atoms with Gasteiger partial charge in [0.25, 0.3) is 0 Å². The van der Waals surface area contributed by atoms with Crippen LogP contribution in [-0.4, -0.2) is 30.7 Å². The molecule has 3 aromatic rings. The van der Waals surface area contributed by atoms with Crippen molar-refractivity contribution in [3.8, 4) is 11.8 Å². The Morgan fingerprint density at radius 2 is 1.54 bits per heavy atom. The smallest absolute Gasteiger partial charge is 0.0718 e. The van der Waals surface area contributed by atoms with Crippen molar-refractivity contribution < 1.29 is 0 Å². The molecule has 0 spiro atoms. The maximum absolute atomic E-state index is 3.39. The van der Waals surface area contributed by atoms with Crippen molar-refractivity contribution in [2.75, 3.05) is 24.7 Å². The standard InChI is InChI=1S/C26H26N2/c1-22-14-16-25(17-15-22)28-20-26(19-24-11-6-3-7-12-24)27(21-28)18-8-13-23-9-4-2-5-10-23/h2-7,9-12,14-17,26H,18-21H2,1H3. The van der Waals surface area contributed by atoms with Crippen LogP contribution < -0.4 is 4.90 Å². The Morgan fingerprint density at radius 3 is 2.25 bits per heavy atom. The Morgan fingerprint density at radius 1 is 0.857 bits per heavy atom. The van der Waals surface area contributed by atoms with E-state index < -0.39 is 0 Å². The summed E-state index contributed by atoms with van der Waals surface area (Å²) in [6, 6.07) is 30.3. The highest BCUT2D eigenvalue weighted by Gasteiger charge is 2.29. The van der Waals surface area contributed by atoms with Crippen LogP contribution in [0.4, 0.5) is 5.69 Å². The van der Waals surface area contributed by atoms with Gasteiger partial charge in [-0.25, -0.2) is 0 Å². The fourth-order valence-electron chi connectivity index (χ4n) is 3.73. The number of hydrogen-bond acceptors (Lipinski definition) is 2. The van der Waals surface area contributed by atoms with Gasteiger partial charge in [-0.2, -0.15) is 0 Å². The predicted molar refractivity (Wildman–Crippen MR) is 117 cm³/mol. The summed E-state index contributed by atoms with van der Waals surface area (Å²) >= 11 is 0. The molecule has 0 N–H and O–H groups in total. The molecule has 1 atom stereocenters. The van der Waals surface area contributed by atoms with E-state index in [4.69, 9.17) is 0 Å². The molecular weight excluding hydrogens is 340 g/mol. The third-order valence-electron chi connectivity index (χ3n) is 5.30. The van der Waals surface area contributed by atoms with Crippen molar-refractivity contribution in [2.45, 2.75) is 19.4 Å². The average molecular weight is 367 g/mol. The Balaban J connectivity index is 1.50. The lowest BCUT2D eigenvalue weighted by molar-refractivity contribution is 0.290. The second-order valence-electron chi connectivity index (χ2n) is 7.46. The van der Waals surface area contributed by atoms with Crippen LogP contribution in [0.3, 0.4) is 0 Å². The van der Waals surface area contributed by atoms with Gasteiger partial charge in [-0.05, 0) is 43.2 Å². The summed E-state index contributed by atoms with van der Waals surface area (Å²) in [5.41, 5.74) is 5.06. The number of anilines is 1. The van der Waals surface area contributed by atoms with Gasteiger partial charge in [0.2, 0.25) is 0 Å². The fraction of sp³-hybridized carbons (Fsp3) is 0.231. The summed E-state index contributed by atoms with van der Waals surface area (Å²) in [5, 5.41) is 0. The maximum Gasteiger partial charge on any atom is 0.0718 e. The molecule has 4 rings (SSSR count). The van der Waals surface area contributed by atoms with Crippen LogP contribution >= 0.6 is 0 Å². The summed E-state index contributed by atoms with van der Waals surface area (Å²) in [7, 11) is 0. The van der Waals surface area contributed by atoms with Crippen molar-refractivity contribution >= 4 is 5.69 Å². The first-order valence-electron chi connectivity index (χ1n) is 9.91. The lowest BCUT2D eigenvalue weighted by atomic mass is 10.1. The van der Waals surface area contributed by atoms with Crippen LogP contribution in [0.1, 0.15) is 16.7 Å². The van der Waals surface area contributed by atoms with E-state index in [2.05, 4.69) is 95.3 Å².